The summed E-state index contributed by atoms with van der Waals surface area (Å²) in [4.78, 5) is 62.7. The number of amides is 3. The molecular formula is C19H19Cl2N3O5. The van der Waals surface area contributed by atoms with Crippen molar-refractivity contribution in [1.82, 2.24) is 10.2 Å². The zero-order valence-electron chi connectivity index (χ0n) is 15.6. The predicted molar refractivity (Wildman–Crippen MR) is 106 cm³/mol. The maximum atomic E-state index is 12.8. The highest BCUT2D eigenvalue weighted by Gasteiger charge is 2.38. The van der Waals surface area contributed by atoms with Crippen molar-refractivity contribution in [2.24, 2.45) is 5.92 Å². The molecule has 29 heavy (non-hydrogen) atoms. The van der Waals surface area contributed by atoms with Crippen LogP contribution in [0, 0.1) is 5.92 Å². The Labute approximate surface area is 176 Å². The van der Waals surface area contributed by atoms with Gasteiger partial charge in [-0.05, 0) is 25.0 Å². The number of Topliss-reactive ketones (excluding diaryl/α,β-unsaturated/α-hetero) is 3. The third-order valence-corrected chi connectivity index (χ3v) is 5.85. The first kappa shape index (κ1) is 21.3. The second-order valence-corrected chi connectivity index (χ2v) is 7.79. The van der Waals surface area contributed by atoms with Gasteiger partial charge in [0.1, 0.15) is 12.0 Å². The fourth-order valence-electron chi connectivity index (χ4n) is 3.50. The second-order valence-electron chi connectivity index (χ2n) is 7.00. The molecule has 1 saturated carbocycles. The normalized spacial score (nSPS) is 20.4. The summed E-state index contributed by atoms with van der Waals surface area (Å²) in [6, 6.07) is 1.58. The molecule has 1 aliphatic carbocycles. The average Bonchev–Trinajstić information content (AvgIpc) is 2.67. The van der Waals surface area contributed by atoms with Crippen LogP contribution in [-0.2, 0) is 14.4 Å². The molecule has 2 fully saturated rings. The summed E-state index contributed by atoms with van der Waals surface area (Å²) in [5, 5.41) is 5.13. The summed E-state index contributed by atoms with van der Waals surface area (Å²) in [6.07, 6.45) is 1.13. The first-order chi connectivity index (χ1) is 13.7. The van der Waals surface area contributed by atoms with Crippen LogP contribution in [0.25, 0.3) is 0 Å². The average molecular weight is 440 g/mol. The maximum Gasteiger partial charge on any atom is 0.317 e. The summed E-state index contributed by atoms with van der Waals surface area (Å²) in [5.74, 6) is -3.46. The molecule has 0 bridgehead atoms. The van der Waals surface area contributed by atoms with Gasteiger partial charge < -0.3 is 15.5 Å². The van der Waals surface area contributed by atoms with E-state index in [1.165, 1.54) is 24.1 Å². The fraction of sp³-hybridized carbons (Fsp3) is 0.421. The minimum Gasteiger partial charge on any atom is -0.338 e. The Bertz CT molecular complexity index is 901. The number of halogens is 2. The predicted octanol–water partition coefficient (Wildman–Crippen LogP) is 2.47. The lowest BCUT2D eigenvalue weighted by Gasteiger charge is -2.32. The number of likely N-dealkylation sites (N-methyl/N-ethyl adjacent to an activating group) is 1. The van der Waals surface area contributed by atoms with Gasteiger partial charge in [-0.2, -0.15) is 0 Å². The smallest absolute Gasteiger partial charge is 0.317 e. The van der Waals surface area contributed by atoms with Crippen molar-refractivity contribution < 1.29 is 24.0 Å². The molecule has 1 atom stereocenters. The third-order valence-electron chi connectivity index (χ3n) is 5.14. The number of anilines is 1. The number of nitrogens with zero attached hydrogens (tertiary/aromatic N) is 1. The quantitative estimate of drug-likeness (QED) is 0.552. The lowest BCUT2D eigenvalue weighted by atomic mass is 9.81. The fourth-order valence-corrected chi connectivity index (χ4v) is 4.06. The van der Waals surface area contributed by atoms with Crippen LogP contribution in [0.3, 0.4) is 0 Å². The van der Waals surface area contributed by atoms with E-state index in [1.807, 2.05) is 0 Å². The topological polar surface area (TPSA) is 113 Å². The van der Waals surface area contributed by atoms with Crippen LogP contribution in [0.1, 0.15) is 36.0 Å². The van der Waals surface area contributed by atoms with Crippen molar-refractivity contribution in [3.8, 4) is 0 Å². The van der Waals surface area contributed by atoms with Crippen LogP contribution in [0.15, 0.2) is 12.1 Å². The number of carbonyl (C=O) groups is 5. The van der Waals surface area contributed by atoms with E-state index in [-0.39, 0.29) is 40.2 Å². The van der Waals surface area contributed by atoms with Gasteiger partial charge in [0.15, 0.2) is 17.3 Å². The zero-order chi connectivity index (χ0) is 21.3. The molecule has 1 aromatic carbocycles. The molecule has 8 nitrogen and oxygen atoms in total. The lowest BCUT2D eigenvalue weighted by molar-refractivity contribution is -0.133. The molecule has 0 radical (unpaired) electrons. The highest BCUT2D eigenvalue weighted by atomic mass is 35.5. The molecule has 0 aromatic heterocycles. The number of ketones is 3. The van der Waals surface area contributed by atoms with Crippen LogP contribution >= 0.6 is 23.2 Å². The van der Waals surface area contributed by atoms with Crippen molar-refractivity contribution in [2.45, 2.75) is 31.7 Å². The summed E-state index contributed by atoms with van der Waals surface area (Å²) < 4.78 is 0. The monoisotopic (exact) mass is 439 g/mol. The highest BCUT2D eigenvalue weighted by Crippen LogP contribution is 2.36. The van der Waals surface area contributed by atoms with Gasteiger partial charge in [-0.3, -0.25) is 19.2 Å². The Morgan fingerprint density at radius 3 is 2.45 bits per heavy atom. The van der Waals surface area contributed by atoms with E-state index in [4.69, 9.17) is 23.2 Å². The molecule has 0 spiro atoms. The maximum absolute atomic E-state index is 12.8. The van der Waals surface area contributed by atoms with Gasteiger partial charge in [0, 0.05) is 32.0 Å². The summed E-state index contributed by atoms with van der Waals surface area (Å²) >= 11 is 12.5. The molecule has 1 heterocycles. The first-order valence-corrected chi connectivity index (χ1v) is 9.87. The second kappa shape index (κ2) is 8.51. The van der Waals surface area contributed by atoms with Gasteiger partial charge in [0.25, 0.3) is 0 Å². The Balaban J connectivity index is 1.88. The zero-order valence-corrected chi connectivity index (χ0v) is 17.1. The van der Waals surface area contributed by atoms with Crippen LogP contribution in [0.5, 0.6) is 0 Å². The van der Waals surface area contributed by atoms with Crippen LogP contribution in [0.2, 0.25) is 10.0 Å². The van der Waals surface area contributed by atoms with Crippen molar-refractivity contribution in [1.29, 1.82) is 0 Å². The van der Waals surface area contributed by atoms with E-state index < -0.39 is 35.2 Å². The number of hydrogen-bond acceptors (Lipinski definition) is 5. The Morgan fingerprint density at radius 1 is 1.14 bits per heavy atom. The van der Waals surface area contributed by atoms with Crippen molar-refractivity contribution in [2.75, 3.05) is 18.9 Å². The summed E-state index contributed by atoms with van der Waals surface area (Å²) in [5.41, 5.74) is -0.0611. The van der Waals surface area contributed by atoms with E-state index in [2.05, 4.69) is 10.6 Å². The molecule has 10 heteroatoms. The molecule has 1 aromatic rings. The molecule has 1 unspecified atom stereocenters. The van der Waals surface area contributed by atoms with E-state index in [0.29, 0.717) is 19.4 Å². The van der Waals surface area contributed by atoms with Crippen molar-refractivity contribution >= 4 is 58.2 Å². The highest BCUT2D eigenvalue weighted by molar-refractivity contribution is 6.43. The lowest BCUT2D eigenvalue weighted by Crippen LogP contribution is -2.54. The van der Waals surface area contributed by atoms with Gasteiger partial charge in [-0.1, -0.05) is 23.2 Å². The summed E-state index contributed by atoms with van der Waals surface area (Å²) in [6.45, 7) is 0.340. The van der Waals surface area contributed by atoms with Crippen LogP contribution in [0.4, 0.5) is 10.5 Å². The van der Waals surface area contributed by atoms with Crippen molar-refractivity contribution in [3.05, 3.63) is 27.7 Å². The van der Waals surface area contributed by atoms with Gasteiger partial charge in [0.05, 0.1) is 15.7 Å². The minimum absolute atomic E-state index is 0.000674. The van der Waals surface area contributed by atoms with E-state index in [1.54, 1.807) is 0 Å². The molecule has 3 amide bonds. The number of nitrogens with one attached hydrogen (secondary N) is 2. The van der Waals surface area contributed by atoms with Crippen LogP contribution in [-0.4, -0.2) is 53.8 Å². The van der Waals surface area contributed by atoms with Crippen LogP contribution < -0.4 is 10.6 Å². The largest absolute Gasteiger partial charge is 0.338 e. The molecule has 1 saturated heterocycles. The van der Waals surface area contributed by atoms with Gasteiger partial charge in [-0.25, -0.2) is 4.79 Å². The summed E-state index contributed by atoms with van der Waals surface area (Å²) in [7, 11) is 1.49. The molecule has 3 rings (SSSR count). The molecular weight excluding hydrogens is 421 g/mol. The number of benzene rings is 1. The van der Waals surface area contributed by atoms with E-state index in [0.717, 1.165) is 0 Å². The Morgan fingerprint density at radius 2 is 1.79 bits per heavy atom. The molecule has 1 aliphatic heterocycles. The third kappa shape index (κ3) is 4.13. The SMILES string of the molecule is CN1C(=O)NCCC1C(=O)Nc1c(Cl)ccc(C(=O)C2C(=O)CCCC2=O)c1Cl. The Kier molecular flexibility index (Phi) is 6.24. The van der Waals surface area contributed by atoms with Gasteiger partial charge in [0.2, 0.25) is 5.91 Å². The standard InChI is InChI=1S/C19H19Cl2N3O5/c1-24-11(7-8-22-19(24)29)18(28)23-16-10(20)6-5-9(15(16)21)17(27)14-12(25)3-2-4-13(14)26/h5-6,11,14H,2-4,7-8H2,1H3,(H,22,29)(H,23,28). The van der Waals surface area contributed by atoms with E-state index in [9.17, 15) is 24.0 Å². The van der Waals surface area contributed by atoms with Crippen molar-refractivity contribution in [3.63, 3.8) is 0 Å². The Hall–Kier alpha value is -2.45. The number of rotatable bonds is 4. The molecule has 2 aliphatic rings. The minimum atomic E-state index is -1.38. The number of urea groups is 1. The number of carbonyl (C=O) groups excluding carboxylic acids is 5. The van der Waals surface area contributed by atoms with Gasteiger partial charge in [-0.15, -0.1) is 0 Å². The molecule has 154 valence electrons. The van der Waals surface area contributed by atoms with Gasteiger partial charge >= 0.3 is 6.03 Å². The first-order valence-electron chi connectivity index (χ1n) is 9.11. The number of hydrogen-bond donors (Lipinski definition) is 2. The van der Waals surface area contributed by atoms with E-state index >= 15 is 0 Å². The molecule has 2 N–H and O–H groups in total.